The van der Waals surface area contributed by atoms with Crippen LogP contribution in [0.2, 0.25) is 0 Å². The van der Waals surface area contributed by atoms with Crippen molar-refractivity contribution >= 4 is 18.2 Å². The van der Waals surface area contributed by atoms with Gasteiger partial charge in [0.25, 0.3) is 0 Å². The van der Waals surface area contributed by atoms with Gasteiger partial charge in [0.05, 0.1) is 6.33 Å². The lowest BCUT2D eigenvalue weighted by atomic mass is 10.1. The van der Waals surface area contributed by atoms with Crippen molar-refractivity contribution in [2.75, 3.05) is 13.1 Å². The van der Waals surface area contributed by atoms with Crippen LogP contribution in [0.4, 0.5) is 9.59 Å². The van der Waals surface area contributed by atoms with Gasteiger partial charge in [-0.2, -0.15) is 0 Å². The van der Waals surface area contributed by atoms with Gasteiger partial charge in [0.15, 0.2) is 0 Å². The summed E-state index contributed by atoms with van der Waals surface area (Å²) >= 11 is 0. The van der Waals surface area contributed by atoms with Crippen LogP contribution < -0.4 is 11.1 Å². The molecular weight excluding hydrogens is 430 g/mol. The van der Waals surface area contributed by atoms with Crippen LogP contribution in [-0.4, -0.2) is 74.5 Å². The predicted octanol–water partition coefficient (Wildman–Crippen LogP) is 2.66. The van der Waals surface area contributed by atoms with Crippen LogP contribution >= 0.6 is 0 Å². The minimum absolute atomic E-state index is 0.00105. The number of rotatable bonds is 11. The molecule has 2 unspecified atom stereocenters. The number of ether oxygens (including phenoxy) is 2. The smallest absolute Gasteiger partial charge is 0.411 e. The first kappa shape index (κ1) is 28.2. The minimum Gasteiger partial charge on any atom is -0.480 e. The zero-order chi connectivity index (χ0) is 25.2. The number of alkyl carbamates (subject to hydrolysis) is 1. The predicted molar refractivity (Wildman–Crippen MR) is 123 cm³/mol. The number of nitrogens with two attached hydrogens (primary N) is 1. The second kappa shape index (κ2) is 12.4. The number of hydrogen-bond acceptors (Lipinski definition) is 7. The molecule has 0 bridgehead atoms. The maximum atomic E-state index is 12.8. The maximum Gasteiger partial charge on any atom is 0.411 e. The van der Waals surface area contributed by atoms with Crippen molar-refractivity contribution in [3.05, 3.63) is 18.2 Å². The molecule has 0 aromatic carbocycles. The number of amides is 2. The van der Waals surface area contributed by atoms with Gasteiger partial charge in [-0.1, -0.05) is 0 Å². The SMILES string of the molecule is CC(C)(C)OC(=O)NCCCCC(C(=O)O)N(CC(N)Cc1cnc[nH]1)C(=O)OC(C)(C)C. The summed E-state index contributed by atoms with van der Waals surface area (Å²) in [5.41, 5.74) is 5.61. The van der Waals surface area contributed by atoms with E-state index in [9.17, 15) is 19.5 Å². The highest BCUT2D eigenvalue weighted by Crippen LogP contribution is 2.17. The summed E-state index contributed by atoms with van der Waals surface area (Å²) in [4.78, 5) is 44.7. The van der Waals surface area contributed by atoms with Crippen LogP contribution in [0.25, 0.3) is 0 Å². The van der Waals surface area contributed by atoms with Gasteiger partial charge in [0.2, 0.25) is 0 Å². The van der Waals surface area contributed by atoms with Crippen molar-refractivity contribution in [2.45, 2.75) is 90.5 Å². The zero-order valence-corrected chi connectivity index (χ0v) is 20.5. The molecule has 33 heavy (non-hydrogen) atoms. The second-order valence-corrected chi connectivity index (χ2v) is 9.95. The van der Waals surface area contributed by atoms with E-state index in [2.05, 4.69) is 15.3 Å². The van der Waals surface area contributed by atoms with Gasteiger partial charge in [-0.15, -0.1) is 0 Å². The summed E-state index contributed by atoms with van der Waals surface area (Å²) in [6, 6.07) is -1.64. The van der Waals surface area contributed by atoms with E-state index in [0.717, 1.165) is 5.69 Å². The normalized spacial score (nSPS) is 13.7. The van der Waals surface area contributed by atoms with Gasteiger partial charge in [0.1, 0.15) is 17.2 Å². The Balaban J connectivity index is 2.75. The average Bonchev–Trinajstić information content (AvgIpc) is 3.12. The molecule has 11 heteroatoms. The molecule has 0 radical (unpaired) electrons. The Hall–Kier alpha value is -2.82. The van der Waals surface area contributed by atoms with Crippen molar-refractivity contribution in [2.24, 2.45) is 5.73 Å². The average molecular weight is 470 g/mol. The fourth-order valence-corrected chi connectivity index (χ4v) is 3.03. The van der Waals surface area contributed by atoms with E-state index in [-0.39, 0.29) is 13.0 Å². The molecule has 1 aromatic rings. The maximum absolute atomic E-state index is 12.8. The Morgan fingerprint density at radius 3 is 2.30 bits per heavy atom. The van der Waals surface area contributed by atoms with E-state index in [1.807, 2.05) is 0 Å². The molecule has 1 heterocycles. The highest BCUT2D eigenvalue weighted by molar-refractivity contribution is 5.80. The van der Waals surface area contributed by atoms with Gasteiger partial charge in [-0.05, 0) is 60.8 Å². The molecule has 0 saturated heterocycles. The Labute approximate surface area is 195 Å². The van der Waals surface area contributed by atoms with E-state index in [1.165, 1.54) is 11.2 Å². The number of nitrogens with zero attached hydrogens (tertiary/aromatic N) is 2. The van der Waals surface area contributed by atoms with Crippen molar-refractivity contribution in [1.29, 1.82) is 0 Å². The highest BCUT2D eigenvalue weighted by Gasteiger charge is 2.33. The van der Waals surface area contributed by atoms with Gasteiger partial charge in [0, 0.05) is 37.4 Å². The standard InChI is InChI=1S/C22H39N5O6/c1-21(2,3)32-19(30)25-10-8-7-9-17(18(28)29)27(20(31)33-22(4,5)6)13-15(23)11-16-12-24-14-26-16/h12,14-15,17H,7-11,13,23H2,1-6H3,(H,24,26)(H,25,30)(H,28,29). The summed E-state index contributed by atoms with van der Waals surface area (Å²) < 4.78 is 10.6. The lowest BCUT2D eigenvalue weighted by molar-refractivity contribution is -0.143. The third kappa shape index (κ3) is 12.1. The number of carbonyl (C=O) groups is 3. The molecule has 0 aliphatic heterocycles. The van der Waals surface area contributed by atoms with Crippen LogP contribution in [0.15, 0.2) is 12.5 Å². The Bertz CT molecular complexity index is 754. The first-order valence-corrected chi connectivity index (χ1v) is 11.1. The number of carboxylic acid groups (broad SMARTS) is 1. The van der Waals surface area contributed by atoms with E-state index in [4.69, 9.17) is 15.2 Å². The molecule has 0 aliphatic carbocycles. The Kier molecular flexibility index (Phi) is 10.6. The molecule has 2 amide bonds. The minimum atomic E-state index is -1.14. The molecule has 11 nitrogen and oxygen atoms in total. The summed E-state index contributed by atoms with van der Waals surface area (Å²) in [5, 5.41) is 12.5. The molecule has 188 valence electrons. The zero-order valence-electron chi connectivity index (χ0n) is 20.5. The number of carboxylic acids is 1. The van der Waals surface area contributed by atoms with Gasteiger partial charge < -0.3 is 30.6 Å². The number of unbranched alkanes of at least 4 members (excludes halogenated alkanes) is 1. The number of H-pyrrole nitrogens is 1. The van der Waals surface area contributed by atoms with E-state index >= 15 is 0 Å². The molecule has 0 aliphatic rings. The van der Waals surface area contributed by atoms with E-state index in [1.54, 1.807) is 47.7 Å². The van der Waals surface area contributed by atoms with E-state index in [0.29, 0.717) is 25.8 Å². The van der Waals surface area contributed by atoms with Crippen molar-refractivity contribution in [3.63, 3.8) is 0 Å². The number of nitrogens with one attached hydrogen (secondary N) is 2. The number of aromatic nitrogens is 2. The van der Waals surface area contributed by atoms with Crippen molar-refractivity contribution in [1.82, 2.24) is 20.2 Å². The molecule has 1 rings (SSSR count). The van der Waals surface area contributed by atoms with Crippen LogP contribution in [0, 0.1) is 0 Å². The number of aromatic amines is 1. The quantitative estimate of drug-likeness (QED) is 0.360. The molecule has 0 saturated carbocycles. The summed E-state index contributed by atoms with van der Waals surface area (Å²) in [6.45, 7) is 10.8. The fourth-order valence-electron chi connectivity index (χ4n) is 3.03. The first-order valence-electron chi connectivity index (χ1n) is 11.1. The Morgan fingerprint density at radius 1 is 1.15 bits per heavy atom. The number of hydrogen-bond donors (Lipinski definition) is 4. The Morgan fingerprint density at radius 2 is 1.79 bits per heavy atom. The van der Waals surface area contributed by atoms with Gasteiger partial charge >= 0.3 is 18.2 Å². The van der Waals surface area contributed by atoms with Gasteiger partial charge in [-0.25, -0.2) is 19.4 Å². The second-order valence-electron chi connectivity index (χ2n) is 9.95. The number of imidazole rings is 1. The third-order valence-electron chi connectivity index (χ3n) is 4.33. The molecule has 0 spiro atoms. The fraction of sp³-hybridized carbons (Fsp3) is 0.727. The van der Waals surface area contributed by atoms with Gasteiger partial charge in [-0.3, -0.25) is 4.90 Å². The van der Waals surface area contributed by atoms with Crippen molar-refractivity contribution < 1.29 is 29.0 Å². The largest absolute Gasteiger partial charge is 0.480 e. The number of carbonyl (C=O) groups excluding carboxylic acids is 2. The molecular formula is C22H39N5O6. The monoisotopic (exact) mass is 469 g/mol. The summed E-state index contributed by atoms with van der Waals surface area (Å²) in [5.74, 6) is -1.14. The molecule has 0 fully saturated rings. The first-order chi connectivity index (χ1) is 15.2. The molecule has 2 atom stereocenters. The molecule has 5 N–H and O–H groups in total. The van der Waals surface area contributed by atoms with Crippen LogP contribution in [0.1, 0.15) is 66.5 Å². The third-order valence-corrected chi connectivity index (χ3v) is 4.33. The number of aliphatic carboxylic acids is 1. The lowest BCUT2D eigenvalue weighted by Crippen LogP contribution is -2.52. The van der Waals surface area contributed by atoms with E-state index < -0.39 is 41.4 Å². The summed E-state index contributed by atoms with van der Waals surface area (Å²) in [7, 11) is 0. The van der Waals surface area contributed by atoms with Crippen molar-refractivity contribution in [3.8, 4) is 0 Å². The van der Waals surface area contributed by atoms with Crippen LogP contribution in [0.5, 0.6) is 0 Å². The lowest BCUT2D eigenvalue weighted by Gasteiger charge is -2.33. The highest BCUT2D eigenvalue weighted by atomic mass is 16.6. The topological polar surface area (TPSA) is 160 Å². The summed E-state index contributed by atoms with van der Waals surface area (Å²) in [6.07, 6.45) is 3.45. The molecule has 1 aromatic heterocycles. The van der Waals surface area contributed by atoms with Crippen LogP contribution in [0.3, 0.4) is 0 Å². The van der Waals surface area contributed by atoms with Crippen LogP contribution in [-0.2, 0) is 20.7 Å².